The SMILES string of the molecule is Cc1cc(C2C(c3ccccn3)NC(=S)N2Cc2ccncc2)c(C)n1-c1ccccn1. The minimum Gasteiger partial charge on any atom is -0.352 e. The molecular weight excluding hydrogens is 416 g/mol. The Balaban J connectivity index is 1.62. The van der Waals surface area contributed by atoms with Gasteiger partial charge in [-0.15, -0.1) is 0 Å². The molecule has 5 rings (SSSR count). The molecule has 0 bridgehead atoms. The van der Waals surface area contributed by atoms with Gasteiger partial charge in [0.2, 0.25) is 0 Å². The molecule has 2 unspecified atom stereocenters. The summed E-state index contributed by atoms with van der Waals surface area (Å²) in [4.78, 5) is 15.6. The molecule has 0 saturated carbocycles. The Kier molecular flexibility index (Phi) is 5.41. The zero-order valence-corrected chi connectivity index (χ0v) is 18.8. The molecule has 0 aliphatic carbocycles. The molecule has 32 heavy (non-hydrogen) atoms. The van der Waals surface area contributed by atoms with E-state index >= 15 is 0 Å². The molecule has 0 spiro atoms. The maximum absolute atomic E-state index is 5.82. The Morgan fingerprint density at radius 3 is 2.38 bits per heavy atom. The number of hydrogen-bond acceptors (Lipinski definition) is 4. The van der Waals surface area contributed by atoms with Crippen LogP contribution < -0.4 is 5.32 Å². The quantitative estimate of drug-likeness (QED) is 0.463. The number of hydrogen-bond donors (Lipinski definition) is 1. The fourth-order valence-corrected chi connectivity index (χ4v) is 4.83. The number of nitrogens with zero attached hydrogens (tertiary/aromatic N) is 5. The zero-order valence-electron chi connectivity index (χ0n) is 18.0. The van der Waals surface area contributed by atoms with Gasteiger partial charge in [0.25, 0.3) is 0 Å². The largest absolute Gasteiger partial charge is 0.352 e. The van der Waals surface area contributed by atoms with Gasteiger partial charge in [-0.25, -0.2) is 4.98 Å². The van der Waals surface area contributed by atoms with Crippen LogP contribution in [0.25, 0.3) is 5.82 Å². The lowest BCUT2D eigenvalue weighted by Crippen LogP contribution is -2.29. The number of aromatic nitrogens is 4. The second-order valence-corrected chi connectivity index (χ2v) is 8.35. The normalized spacial score (nSPS) is 18.1. The van der Waals surface area contributed by atoms with Crippen LogP contribution in [0.15, 0.2) is 79.4 Å². The van der Waals surface area contributed by atoms with Crippen LogP contribution in [0.4, 0.5) is 0 Å². The highest BCUT2D eigenvalue weighted by molar-refractivity contribution is 7.80. The van der Waals surface area contributed by atoms with Crippen molar-refractivity contribution in [2.45, 2.75) is 32.5 Å². The van der Waals surface area contributed by atoms with E-state index in [1.807, 2.05) is 67.3 Å². The van der Waals surface area contributed by atoms with Crippen molar-refractivity contribution in [3.63, 3.8) is 0 Å². The second kappa shape index (κ2) is 8.51. The topological polar surface area (TPSA) is 58.9 Å². The number of nitrogens with one attached hydrogen (secondary N) is 1. The van der Waals surface area contributed by atoms with E-state index in [1.54, 1.807) is 0 Å². The van der Waals surface area contributed by atoms with Crippen molar-refractivity contribution >= 4 is 17.3 Å². The highest BCUT2D eigenvalue weighted by atomic mass is 32.1. The summed E-state index contributed by atoms with van der Waals surface area (Å²) >= 11 is 5.82. The molecule has 4 aromatic heterocycles. The highest BCUT2D eigenvalue weighted by Gasteiger charge is 2.41. The molecule has 1 aliphatic rings. The maximum Gasteiger partial charge on any atom is 0.170 e. The van der Waals surface area contributed by atoms with Gasteiger partial charge in [-0.2, -0.15) is 0 Å². The minimum atomic E-state index is -0.0526. The van der Waals surface area contributed by atoms with E-state index < -0.39 is 0 Å². The fraction of sp³-hybridized carbons (Fsp3) is 0.200. The lowest BCUT2D eigenvalue weighted by atomic mass is 9.96. The predicted molar refractivity (Wildman–Crippen MR) is 128 cm³/mol. The van der Waals surface area contributed by atoms with Gasteiger partial charge in [-0.1, -0.05) is 12.1 Å². The molecule has 1 aliphatic heterocycles. The van der Waals surface area contributed by atoms with Gasteiger partial charge in [0.1, 0.15) is 5.82 Å². The molecule has 4 aromatic rings. The third-order valence-corrected chi connectivity index (χ3v) is 6.32. The molecule has 7 heteroatoms. The van der Waals surface area contributed by atoms with E-state index in [1.165, 1.54) is 5.56 Å². The first-order chi connectivity index (χ1) is 15.6. The van der Waals surface area contributed by atoms with Crippen molar-refractivity contribution in [1.82, 2.24) is 29.7 Å². The lowest BCUT2D eigenvalue weighted by molar-refractivity contribution is 0.310. The van der Waals surface area contributed by atoms with Gasteiger partial charge in [-0.3, -0.25) is 9.97 Å². The first-order valence-electron chi connectivity index (χ1n) is 10.6. The summed E-state index contributed by atoms with van der Waals surface area (Å²) in [6.45, 7) is 4.96. The summed E-state index contributed by atoms with van der Waals surface area (Å²) in [5.41, 5.74) is 5.63. The summed E-state index contributed by atoms with van der Waals surface area (Å²) in [6, 6.07) is 18.3. The Morgan fingerprint density at radius 1 is 0.938 bits per heavy atom. The van der Waals surface area contributed by atoms with Crippen molar-refractivity contribution in [3.05, 3.63) is 108 Å². The molecule has 2 atom stereocenters. The zero-order chi connectivity index (χ0) is 22.1. The molecule has 0 aromatic carbocycles. The van der Waals surface area contributed by atoms with E-state index in [4.69, 9.17) is 12.2 Å². The molecule has 1 N–H and O–H groups in total. The number of rotatable bonds is 5. The third-order valence-electron chi connectivity index (χ3n) is 5.97. The molecule has 5 heterocycles. The molecular formula is C25H24N6S. The average molecular weight is 441 g/mol. The Morgan fingerprint density at radius 2 is 1.69 bits per heavy atom. The molecule has 1 fully saturated rings. The lowest BCUT2D eigenvalue weighted by Gasteiger charge is -2.28. The van der Waals surface area contributed by atoms with Crippen LogP contribution in [-0.4, -0.2) is 29.5 Å². The van der Waals surface area contributed by atoms with Crippen molar-refractivity contribution in [2.75, 3.05) is 0 Å². The van der Waals surface area contributed by atoms with Gasteiger partial charge in [0.15, 0.2) is 5.11 Å². The van der Waals surface area contributed by atoms with Crippen molar-refractivity contribution in [1.29, 1.82) is 0 Å². The van der Waals surface area contributed by atoms with E-state index in [-0.39, 0.29) is 12.1 Å². The maximum atomic E-state index is 5.82. The smallest absolute Gasteiger partial charge is 0.170 e. The van der Waals surface area contributed by atoms with Crippen LogP contribution >= 0.6 is 12.2 Å². The summed E-state index contributed by atoms with van der Waals surface area (Å²) in [7, 11) is 0. The second-order valence-electron chi connectivity index (χ2n) is 7.96. The highest BCUT2D eigenvalue weighted by Crippen LogP contribution is 2.41. The van der Waals surface area contributed by atoms with Crippen molar-refractivity contribution in [3.8, 4) is 5.82 Å². The van der Waals surface area contributed by atoms with Crippen LogP contribution in [0.2, 0.25) is 0 Å². The van der Waals surface area contributed by atoms with Crippen molar-refractivity contribution < 1.29 is 0 Å². The van der Waals surface area contributed by atoms with E-state index in [9.17, 15) is 0 Å². The third kappa shape index (κ3) is 3.65. The number of aryl methyl sites for hydroxylation is 1. The fourth-order valence-electron chi connectivity index (χ4n) is 4.52. The first-order valence-corrected chi connectivity index (χ1v) is 11.0. The van der Waals surface area contributed by atoms with Crippen LogP contribution in [0, 0.1) is 13.8 Å². The van der Waals surface area contributed by atoms with Gasteiger partial charge >= 0.3 is 0 Å². The van der Waals surface area contributed by atoms with Gasteiger partial charge in [-0.05, 0) is 79.7 Å². The predicted octanol–water partition coefficient (Wildman–Crippen LogP) is 4.45. The van der Waals surface area contributed by atoms with Crippen LogP contribution in [0.3, 0.4) is 0 Å². The van der Waals surface area contributed by atoms with Crippen LogP contribution in [-0.2, 0) is 6.54 Å². The summed E-state index contributed by atoms with van der Waals surface area (Å²) < 4.78 is 2.21. The summed E-state index contributed by atoms with van der Waals surface area (Å²) in [6.07, 6.45) is 7.30. The average Bonchev–Trinajstić information content (AvgIpc) is 3.30. The Bertz CT molecular complexity index is 1220. The molecule has 1 saturated heterocycles. The van der Waals surface area contributed by atoms with Gasteiger partial charge in [0.05, 0.1) is 17.8 Å². The van der Waals surface area contributed by atoms with Crippen LogP contribution in [0.1, 0.15) is 40.3 Å². The Hall–Kier alpha value is -3.58. The number of thiocarbonyl (C=S) groups is 1. The molecule has 6 nitrogen and oxygen atoms in total. The standard InChI is InChI=1S/C25H24N6S/c1-17-15-20(18(2)31(17)22-8-4-6-12-28-22)24-23(21-7-3-5-11-27-21)29-25(32)30(24)16-19-9-13-26-14-10-19/h3-15,23-24H,16H2,1-2H3,(H,29,32). The monoisotopic (exact) mass is 440 g/mol. The molecule has 160 valence electrons. The van der Waals surface area contributed by atoms with Crippen molar-refractivity contribution in [2.24, 2.45) is 0 Å². The molecule has 0 amide bonds. The van der Waals surface area contributed by atoms with E-state index in [0.29, 0.717) is 6.54 Å². The summed E-state index contributed by atoms with van der Waals surface area (Å²) in [5.74, 6) is 0.914. The Labute approximate surface area is 193 Å². The van der Waals surface area contributed by atoms with Gasteiger partial charge < -0.3 is 14.8 Å². The first kappa shape index (κ1) is 20.3. The van der Waals surface area contributed by atoms with Gasteiger partial charge in [0, 0.05) is 42.7 Å². The summed E-state index contributed by atoms with van der Waals surface area (Å²) in [5, 5.41) is 4.27. The minimum absolute atomic E-state index is 0.00534. The number of pyridine rings is 3. The van der Waals surface area contributed by atoms with E-state index in [0.717, 1.165) is 33.6 Å². The van der Waals surface area contributed by atoms with E-state index in [2.05, 4.69) is 55.7 Å². The van der Waals surface area contributed by atoms with Crippen LogP contribution in [0.5, 0.6) is 0 Å². The molecule has 0 radical (unpaired) electrons.